The van der Waals surface area contributed by atoms with Crippen LogP contribution in [0, 0.1) is 0 Å². The predicted molar refractivity (Wildman–Crippen MR) is 81.5 cm³/mol. The van der Waals surface area contributed by atoms with E-state index >= 15 is 0 Å². The van der Waals surface area contributed by atoms with Crippen LogP contribution in [-0.2, 0) is 17.8 Å². The van der Waals surface area contributed by atoms with E-state index in [9.17, 15) is 4.79 Å². The van der Waals surface area contributed by atoms with Crippen LogP contribution in [0.2, 0.25) is 5.02 Å². The molecule has 21 heavy (non-hydrogen) atoms. The van der Waals surface area contributed by atoms with Gasteiger partial charge in [0.15, 0.2) is 0 Å². The lowest BCUT2D eigenvalue weighted by atomic mass is 10.1. The number of rotatable bonds is 6. The molecule has 0 aliphatic carbocycles. The zero-order chi connectivity index (χ0) is 15.2. The third-order valence-corrected chi connectivity index (χ3v) is 3.27. The van der Waals surface area contributed by atoms with E-state index in [1.807, 2.05) is 36.4 Å². The molecule has 2 aromatic carbocycles. The third-order valence-electron chi connectivity index (χ3n) is 3.01. The number of nitrogens with two attached hydrogens (primary N) is 1. The largest absolute Gasteiger partial charge is 0.489 e. The molecule has 0 amide bonds. The van der Waals surface area contributed by atoms with Crippen LogP contribution in [0.25, 0.3) is 0 Å². The minimum atomic E-state index is -1.00. The maximum absolute atomic E-state index is 10.7. The van der Waals surface area contributed by atoms with E-state index in [1.165, 1.54) is 0 Å². The highest BCUT2D eigenvalue weighted by Crippen LogP contribution is 2.16. The number of halogens is 1. The van der Waals surface area contributed by atoms with Crippen molar-refractivity contribution in [1.29, 1.82) is 0 Å². The normalized spacial score (nSPS) is 11.9. The predicted octanol–water partition coefficient (Wildman–Crippen LogP) is 2.87. The SMILES string of the molecule is N[C@@H](Cc1ccc(OCc2ccc(Cl)cc2)cc1)C(=O)O. The molecule has 0 spiro atoms. The number of aliphatic carboxylic acids is 1. The summed E-state index contributed by atoms with van der Waals surface area (Å²) in [6, 6.07) is 13.8. The van der Waals surface area contributed by atoms with Crippen molar-refractivity contribution in [3.63, 3.8) is 0 Å². The molecule has 3 N–H and O–H groups in total. The average molecular weight is 306 g/mol. The molecule has 4 nitrogen and oxygen atoms in total. The molecule has 0 aliphatic heterocycles. The second kappa shape index (κ2) is 7.11. The first-order valence-corrected chi connectivity index (χ1v) is 6.87. The Labute approximate surface area is 128 Å². The smallest absolute Gasteiger partial charge is 0.320 e. The van der Waals surface area contributed by atoms with Crippen molar-refractivity contribution in [1.82, 2.24) is 0 Å². The maximum Gasteiger partial charge on any atom is 0.320 e. The summed E-state index contributed by atoms with van der Waals surface area (Å²) in [5, 5.41) is 9.46. The highest BCUT2D eigenvalue weighted by molar-refractivity contribution is 6.30. The van der Waals surface area contributed by atoms with Crippen LogP contribution < -0.4 is 10.5 Å². The molecule has 0 aliphatic rings. The second-order valence-electron chi connectivity index (χ2n) is 4.71. The first kappa shape index (κ1) is 15.4. The summed E-state index contributed by atoms with van der Waals surface area (Å²) in [6.45, 7) is 0.450. The minimum Gasteiger partial charge on any atom is -0.489 e. The number of hydrogen-bond donors (Lipinski definition) is 2. The molecule has 0 fully saturated rings. The van der Waals surface area contributed by atoms with Gasteiger partial charge in [0.25, 0.3) is 0 Å². The lowest BCUT2D eigenvalue weighted by Crippen LogP contribution is -2.32. The van der Waals surface area contributed by atoms with Crippen molar-refractivity contribution in [2.45, 2.75) is 19.1 Å². The number of benzene rings is 2. The molecule has 2 rings (SSSR count). The molecule has 0 unspecified atom stereocenters. The number of hydrogen-bond acceptors (Lipinski definition) is 3. The van der Waals surface area contributed by atoms with Gasteiger partial charge in [0, 0.05) is 5.02 Å². The monoisotopic (exact) mass is 305 g/mol. The summed E-state index contributed by atoms with van der Waals surface area (Å²) in [6.07, 6.45) is 0.298. The van der Waals surface area contributed by atoms with Gasteiger partial charge in [0.1, 0.15) is 18.4 Å². The molecule has 1 atom stereocenters. The van der Waals surface area contributed by atoms with Crippen LogP contribution in [0.3, 0.4) is 0 Å². The van der Waals surface area contributed by atoms with Crippen LogP contribution in [0.4, 0.5) is 0 Å². The summed E-state index contributed by atoms with van der Waals surface area (Å²) in [5.74, 6) is -0.282. The van der Waals surface area contributed by atoms with Crippen LogP contribution in [0.5, 0.6) is 5.75 Å². The lowest BCUT2D eigenvalue weighted by Gasteiger charge is -2.09. The molecule has 0 heterocycles. The highest BCUT2D eigenvalue weighted by atomic mass is 35.5. The molecule has 0 saturated heterocycles. The zero-order valence-electron chi connectivity index (χ0n) is 11.3. The summed E-state index contributed by atoms with van der Waals surface area (Å²) >= 11 is 5.82. The second-order valence-corrected chi connectivity index (χ2v) is 5.14. The van der Waals surface area contributed by atoms with Gasteiger partial charge < -0.3 is 15.6 Å². The minimum absolute atomic E-state index is 0.298. The van der Waals surface area contributed by atoms with E-state index in [0.717, 1.165) is 16.9 Å². The van der Waals surface area contributed by atoms with Crippen molar-refractivity contribution in [2.24, 2.45) is 5.73 Å². The van der Waals surface area contributed by atoms with Gasteiger partial charge in [-0.05, 0) is 41.8 Å². The number of carbonyl (C=O) groups is 1. The highest BCUT2D eigenvalue weighted by Gasteiger charge is 2.11. The molecule has 0 saturated carbocycles. The van der Waals surface area contributed by atoms with Gasteiger partial charge in [-0.15, -0.1) is 0 Å². The summed E-state index contributed by atoms with van der Waals surface area (Å²) in [7, 11) is 0. The van der Waals surface area contributed by atoms with Gasteiger partial charge >= 0.3 is 5.97 Å². The van der Waals surface area contributed by atoms with Crippen LogP contribution in [0.1, 0.15) is 11.1 Å². The van der Waals surface area contributed by atoms with Crippen molar-refractivity contribution in [3.8, 4) is 5.75 Å². The Morgan fingerprint density at radius 1 is 1.10 bits per heavy atom. The lowest BCUT2D eigenvalue weighted by molar-refractivity contribution is -0.138. The molecule has 0 radical (unpaired) electrons. The summed E-state index contributed by atoms with van der Waals surface area (Å²) < 4.78 is 5.65. The fourth-order valence-electron chi connectivity index (χ4n) is 1.81. The Bertz CT molecular complexity index is 596. The van der Waals surface area contributed by atoms with Gasteiger partial charge in [-0.3, -0.25) is 4.79 Å². The van der Waals surface area contributed by atoms with E-state index in [2.05, 4.69) is 0 Å². The molecule has 0 bridgehead atoms. The van der Waals surface area contributed by atoms with Crippen molar-refractivity contribution < 1.29 is 14.6 Å². The Kier molecular flexibility index (Phi) is 5.20. The zero-order valence-corrected chi connectivity index (χ0v) is 12.1. The number of carboxylic acids is 1. The van der Waals surface area contributed by atoms with Crippen LogP contribution in [0.15, 0.2) is 48.5 Å². The number of ether oxygens (including phenoxy) is 1. The molecule has 110 valence electrons. The van der Waals surface area contributed by atoms with Gasteiger partial charge in [-0.25, -0.2) is 0 Å². The van der Waals surface area contributed by atoms with E-state index in [1.54, 1.807) is 12.1 Å². The fourth-order valence-corrected chi connectivity index (χ4v) is 1.94. The number of carboxylic acid groups (broad SMARTS) is 1. The van der Waals surface area contributed by atoms with E-state index in [4.69, 9.17) is 27.2 Å². The van der Waals surface area contributed by atoms with E-state index in [-0.39, 0.29) is 0 Å². The quantitative estimate of drug-likeness (QED) is 0.860. The van der Waals surface area contributed by atoms with Gasteiger partial charge in [0.2, 0.25) is 0 Å². The molecular formula is C16H16ClNO3. The van der Waals surface area contributed by atoms with Crippen molar-refractivity contribution in [2.75, 3.05) is 0 Å². The third kappa shape index (κ3) is 4.77. The van der Waals surface area contributed by atoms with Gasteiger partial charge in [0.05, 0.1) is 0 Å². The standard InChI is InChI=1S/C16H16ClNO3/c17-13-5-1-12(2-6-13)10-21-14-7-3-11(4-8-14)9-15(18)16(19)20/h1-8,15H,9-10,18H2,(H,19,20)/t15-/m0/s1. The summed E-state index contributed by atoms with van der Waals surface area (Å²) in [4.78, 5) is 10.7. The topological polar surface area (TPSA) is 72.5 Å². The van der Waals surface area contributed by atoms with Crippen molar-refractivity contribution >= 4 is 17.6 Å². The first-order valence-electron chi connectivity index (χ1n) is 6.49. The fraction of sp³-hybridized carbons (Fsp3) is 0.188. The molecule has 0 aromatic heterocycles. The Balaban J connectivity index is 1.90. The van der Waals surface area contributed by atoms with Gasteiger partial charge in [-0.2, -0.15) is 0 Å². The Morgan fingerprint density at radius 3 is 2.24 bits per heavy atom. The van der Waals surface area contributed by atoms with Gasteiger partial charge in [-0.1, -0.05) is 35.9 Å². The Hall–Kier alpha value is -2.04. The van der Waals surface area contributed by atoms with E-state index < -0.39 is 12.0 Å². The maximum atomic E-state index is 10.7. The summed E-state index contributed by atoms with van der Waals surface area (Å²) in [5.41, 5.74) is 7.38. The molecular weight excluding hydrogens is 290 g/mol. The van der Waals surface area contributed by atoms with Crippen molar-refractivity contribution in [3.05, 3.63) is 64.7 Å². The average Bonchev–Trinajstić information content (AvgIpc) is 2.48. The molecule has 5 heteroatoms. The van der Waals surface area contributed by atoms with E-state index in [0.29, 0.717) is 18.1 Å². The first-order chi connectivity index (χ1) is 10.0. The van der Waals surface area contributed by atoms with Crippen LogP contribution in [-0.4, -0.2) is 17.1 Å². The molecule has 2 aromatic rings. The van der Waals surface area contributed by atoms with Crippen LogP contribution >= 0.6 is 11.6 Å². The Morgan fingerprint density at radius 2 is 1.67 bits per heavy atom.